The first-order chi connectivity index (χ1) is 10.7. The minimum absolute atomic E-state index is 0.0173. The predicted octanol–water partition coefficient (Wildman–Crippen LogP) is 1.55. The Morgan fingerprint density at radius 3 is 2.35 bits per heavy atom. The van der Waals surface area contributed by atoms with Crippen LogP contribution in [0.1, 0.15) is 17.2 Å². The van der Waals surface area contributed by atoms with Gasteiger partial charge in [-0.1, -0.05) is 12.1 Å². The van der Waals surface area contributed by atoms with Gasteiger partial charge in [0, 0.05) is 18.6 Å². The van der Waals surface area contributed by atoms with Gasteiger partial charge in [-0.05, 0) is 17.7 Å². The molecular formula is C14H15O8P. The lowest BCUT2D eigenvalue weighted by Crippen LogP contribution is -2.05. The number of phenols is 3. The number of aliphatic hydroxyl groups excluding tert-OH is 1. The predicted molar refractivity (Wildman–Crippen MR) is 79.2 cm³/mol. The minimum atomic E-state index is -4.96. The molecule has 0 aliphatic carbocycles. The van der Waals surface area contributed by atoms with Crippen LogP contribution in [-0.2, 0) is 11.0 Å². The number of aliphatic hydroxyl groups is 1. The van der Waals surface area contributed by atoms with Gasteiger partial charge in [0.15, 0.2) is 0 Å². The lowest BCUT2D eigenvalue weighted by molar-refractivity contribution is 0.170. The fourth-order valence-electron chi connectivity index (χ4n) is 2.15. The SMILES string of the molecule is O=P(O)(O)Oc1cc(O)cc(O)c1C(O)Cc1cccc(O)c1. The van der Waals surface area contributed by atoms with Crippen LogP contribution in [0.15, 0.2) is 36.4 Å². The van der Waals surface area contributed by atoms with Crippen LogP contribution in [0, 0.1) is 0 Å². The topological polar surface area (TPSA) is 148 Å². The summed E-state index contributed by atoms with van der Waals surface area (Å²) in [6.45, 7) is 0. The van der Waals surface area contributed by atoms with E-state index in [0.717, 1.165) is 12.1 Å². The monoisotopic (exact) mass is 342 g/mol. The first kappa shape index (κ1) is 17.1. The van der Waals surface area contributed by atoms with Crippen molar-refractivity contribution < 1.29 is 39.3 Å². The largest absolute Gasteiger partial charge is 0.524 e. The third-order valence-electron chi connectivity index (χ3n) is 3.00. The average molecular weight is 342 g/mol. The number of hydrogen-bond donors (Lipinski definition) is 6. The summed E-state index contributed by atoms with van der Waals surface area (Å²) in [4.78, 5) is 17.8. The highest BCUT2D eigenvalue weighted by Gasteiger charge is 2.25. The third kappa shape index (κ3) is 4.61. The molecule has 1 atom stereocenters. The summed E-state index contributed by atoms with van der Waals surface area (Å²) in [7, 11) is -4.96. The molecule has 2 aromatic rings. The Balaban J connectivity index is 2.38. The Kier molecular flexibility index (Phi) is 4.82. The number of phenolic OH excluding ortho intramolecular Hbond substituents is 3. The van der Waals surface area contributed by atoms with Crippen molar-refractivity contribution in [2.24, 2.45) is 0 Å². The Bertz CT molecular complexity index is 754. The summed E-state index contributed by atoms with van der Waals surface area (Å²) in [6.07, 6.45) is -1.46. The molecule has 0 bridgehead atoms. The maximum atomic E-state index is 11.0. The molecule has 1 unspecified atom stereocenters. The zero-order chi connectivity index (χ0) is 17.2. The molecule has 0 spiro atoms. The molecule has 0 fully saturated rings. The van der Waals surface area contributed by atoms with Crippen molar-refractivity contribution >= 4 is 7.82 Å². The zero-order valence-corrected chi connectivity index (χ0v) is 12.6. The standard InChI is InChI=1S/C14H15O8P/c15-9-3-1-2-8(4-9)5-11(17)14-12(18)6-10(16)7-13(14)22-23(19,20)21/h1-4,6-7,11,15-18H,5H2,(H2,19,20,21). The van der Waals surface area contributed by atoms with E-state index in [-0.39, 0.29) is 17.7 Å². The van der Waals surface area contributed by atoms with Gasteiger partial charge in [-0.25, -0.2) is 4.57 Å². The number of phosphoric ester groups is 1. The van der Waals surface area contributed by atoms with E-state index in [0.29, 0.717) is 5.56 Å². The second-order valence-electron chi connectivity index (χ2n) is 4.85. The maximum absolute atomic E-state index is 11.0. The van der Waals surface area contributed by atoms with Crippen molar-refractivity contribution in [2.75, 3.05) is 0 Å². The molecule has 0 saturated carbocycles. The Hall–Kier alpha value is -2.25. The summed E-state index contributed by atoms with van der Waals surface area (Å²) in [5.41, 5.74) is 0.238. The molecule has 0 saturated heterocycles. The highest BCUT2D eigenvalue weighted by atomic mass is 31.2. The van der Waals surface area contributed by atoms with E-state index in [9.17, 15) is 25.0 Å². The van der Waals surface area contributed by atoms with Crippen LogP contribution in [0.25, 0.3) is 0 Å². The number of hydrogen-bond acceptors (Lipinski definition) is 6. The van der Waals surface area contributed by atoms with Crippen LogP contribution >= 0.6 is 7.82 Å². The van der Waals surface area contributed by atoms with Crippen molar-refractivity contribution in [2.45, 2.75) is 12.5 Å². The van der Waals surface area contributed by atoms with E-state index in [4.69, 9.17) is 9.79 Å². The van der Waals surface area contributed by atoms with Gasteiger partial charge in [-0.2, -0.15) is 0 Å². The number of rotatable bonds is 5. The Morgan fingerprint density at radius 2 is 1.74 bits per heavy atom. The molecule has 2 rings (SSSR count). The summed E-state index contributed by atoms with van der Waals surface area (Å²) in [6, 6.07) is 7.79. The first-order valence-corrected chi connectivity index (χ1v) is 7.96. The van der Waals surface area contributed by atoms with Gasteiger partial charge in [0.05, 0.1) is 11.7 Å². The molecular weight excluding hydrogens is 327 g/mol. The van der Waals surface area contributed by atoms with Crippen molar-refractivity contribution in [3.8, 4) is 23.0 Å². The van der Waals surface area contributed by atoms with Crippen LogP contribution in [-0.4, -0.2) is 30.2 Å². The van der Waals surface area contributed by atoms with Crippen molar-refractivity contribution in [3.63, 3.8) is 0 Å². The van der Waals surface area contributed by atoms with E-state index in [1.54, 1.807) is 12.1 Å². The van der Waals surface area contributed by atoms with Gasteiger partial charge in [-0.3, -0.25) is 9.79 Å². The fourth-order valence-corrected chi connectivity index (χ4v) is 2.55. The van der Waals surface area contributed by atoms with E-state index < -0.39 is 31.2 Å². The summed E-state index contributed by atoms with van der Waals surface area (Å²) < 4.78 is 15.4. The quantitative estimate of drug-likeness (QED) is 0.448. The molecule has 8 nitrogen and oxygen atoms in total. The van der Waals surface area contributed by atoms with E-state index in [2.05, 4.69) is 4.52 Å². The highest BCUT2D eigenvalue weighted by molar-refractivity contribution is 7.46. The minimum Gasteiger partial charge on any atom is -0.508 e. The van der Waals surface area contributed by atoms with Crippen LogP contribution in [0.5, 0.6) is 23.0 Å². The summed E-state index contributed by atoms with van der Waals surface area (Å²) in [5, 5.41) is 38.9. The van der Waals surface area contributed by atoms with Gasteiger partial charge in [0.1, 0.15) is 23.0 Å². The van der Waals surface area contributed by atoms with Crippen LogP contribution in [0.4, 0.5) is 0 Å². The average Bonchev–Trinajstić information content (AvgIpc) is 2.35. The number of aromatic hydroxyl groups is 3. The van der Waals surface area contributed by atoms with Gasteiger partial charge >= 0.3 is 7.82 Å². The second kappa shape index (κ2) is 6.47. The van der Waals surface area contributed by atoms with Gasteiger partial charge in [0.25, 0.3) is 0 Å². The molecule has 9 heteroatoms. The van der Waals surface area contributed by atoms with Crippen molar-refractivity contribution in [1.29, 1.82) is 0 Å². The van der Waals surface area contributed by atoms with Crippen LogP contribution in [0.3, 0.4) is 0 Å². The van der Waals surface area contributed by atoms with Crippen molar-refractivity contribution in [3.05, 3.63) is 47.5 Å². The van der Waals surface area contributed by atoms with E-state index in [1.165, 1.54) is 12.1 Å². The second-order valence-corrected chi connectivity index (χ2v) is 6.01. The lowest BCUT2D eigenvalue weighted by Gasteiger charge is -2.18. The Labute approximate surface area is 131 Å². The van der Waals surface area contributed by atoms with Gasteiger partial charge in [-0.15, -0.1) is 0 Å². The summed E-state index contributed by atoms with van der Waals surface area (Å²) >= 11 is 0. The number of phosphoric acid groups is 1. The maximum Gasteiger partial charge on any atom is 0.524 e. The van der Waals surface area contributed by atoms with Crippen molar-refractivity contribution in [1.82, 2.24) is 0 Å². The van der Waals surface area contributed by atoms with Crippen LogP contribution < -0.4 is 4.52 Å². The molecule has 124 valence electrons. The molecule has 2 aromatic carbocycles. The molecule has 0 heterocycles. The summed E-state index contributed by atoms with van der Waals surface area (Å²) in [5.74, 6) is -1.62. The molecule has 0 aromatic heterocycles. The molecule has 0 amide bonds. The fraction of sp³-hybridized carbons (Fsp3) is 0.143. The smallest absolute Gasteiger partial charge is 0.508 e. The molecule has 0 aliphatic heterocycles. The zero-order valence-electron chi connectivity index (χ0n) is 11.7. The molecule has 0 radical (unpaired) electrons. The number of benzene rings is 2. The third-order valence-corrected chi connectivity index (χ3v) is 3.43. The first-order valence-electron chi connectivity index (χ1n) is 6.42. The molecule has 23 heavy (non-hydrogen) atoms. The highest BCUT2D eigenvalue weighted by Crippen LogP contribution is 2.45. The van der Waals surface area contributed by atoms with E-state index >= 15 is 0 Å². The van der Waals surface area contributed by atoms with Crippen LogP contribution in [0.2, 0.25) is 0 Å². The van der Waals surface area contributed by atoms with Gasteiger partial charge < -0.3 is 24.9 Å². The van der Waals surface area contributed by atoms with E-state index in [1.807, 2.05) is 0 Å². The lowest BCUT2D eigenvalue weighted by atomic mass is 9.99. The normalized spacial score (nSPS) is 12.8. The van der Waals surface area contributed by atoms with Gasteiger partial charge in [0.2, 0.25) is 0 Å². The molecule has 0 aliphatic rings. The molecule has 6 N–H and O–H groups in total. The Morgan fingerprint density at radius 1 is 1.04 bits per heavy atom.